The van der Waals surface area contributed by atoms with Gasteiger partial charge in [-0.05, 0) is 32.4 Å². The summed E-state index contributed by atoms with van der Waals surface area (Å²) < 4.78 is 5.83. The predicted molar refractivity (Wildman–Crippen MR) is 63.6 cm³/mol. The second-order valence-corrected chi connectivity index (χ2v) is 4.89. The molecule has 16 heavy (non-hydrogen) atoms. The Kier molecular flexibility index (Phi) is 2.19. The SMILES string of the molecule is C[C@@]1(c2cc3nccc(Cl)c3o2)CCCN1. The smallest absolute Gasteiger partial charge is 0.171 e. The molecule has 3 nitrogen and oxygen atoms in total. The molecule has 1 atom stereocenters. The Morgan fingerprint density at radius 1 is 1.56 bits per heavy atom. The Morgan fingerprint density at radius 3 is 3.12 bits per heavy atom. The first-order valence-corrected chi connectivity index (χ1v) is 5.86. The van der Waals surface area contributed by atoms with E-state index in [2.05, 4.69) is 17.2 Å². The second-order valence-electron chi connectivity index (χ2n) is 4.48. The molecule has 1 aliphatic heterocycles. The quantitative estimate of drug-likeness (QED) is 0.827. The predicted octanol–water partition coefficient (Wildman–Crippen LogP) is 3.08. The van der Waals surface area contributed by atoms with E-state index < -0.39 is 0 Å². The van der Waals surface area contributed by atoms with Crippen molar-refractivity contribution < 1.29 is 4.42 Å². The van der Waals surface area contributed by atoms with Crippen LogP contribution >= 0.6 is 11.6 Å². The third-order valence-electron chi connectivity index (χ3n) is 3.28. The first kappa shape index (κ1) is 10.1. The maximum atomic E-state index is 6.07. The maximum absolute atomic E-state index is 6.07. The molecule has 3 heterocycles. The fraction of sp³-hybridized carbons (Fsp3) is 0.417. The molecule has 1 saturated heterocycles. The summed E-state index contributed by atoms with van der Waals surface area (Å²) >= 11 is 6.07. The lowest BCUT2D eigenvalue weighted by Gasteiger charge is -2.20. The van der Waals surface area contributed by atoms with E-state index in [4.69, 9.17) is 16.0 Å². The van der Waals surface area contributed by atoms with Crippen LogP contribution in [0.25, 0.3) is 11.1 Å². The highest BCUT2D eigenvalue weighted by Crippen LogP contribution is 2.35. The first-order valence-electron chi connectivity index (χ1n) is 5.49. The molecular formula is C12H13ClN2O. The summed E-state index contributed by atoms with van der Waals surface area (Å²) in [4.78, 5) is 4.26. The van der Waals surface area contributed by atoms with Gasteiger partial charge in [-0.3, -0.25) is 4.98 Å². The molecule has 1 N–H and O–H groups in total. The molecule has 0 bridgehead atoms. The lowest BCUT2D eigenvalue weighted by Crippen LogP contribution is -2.32. The molecule has 0 aromatic carbocycles. The minimum absolute atomic E-state index is 0.0654. The molecule has 0 spiro atoms. The van der Waals surface area contributed by atoms with Gasteiger partial charge in [-0.1, -0.05) is 11.6 Å². The third-order valence-corrected chi connectivity index (χ3v) is 3.57. The number of hydrogen-bond donors (Lipinski definition) is 1. The Morgan fingerprint density at radius 2 is 2.44 bits per heavy atom. The van der Waals surface area contributed by atoms with Gasteiger partial charge in [0, 0.05) is 12.3 Å². The summed E-state index contributed by atoms with van der Waals surface area (Å²) in [6.07, 6.45) is 3.97. The van der Waals surface area contributed by atoms with Gasteiger partial charge in [-0.2, -0.15) is 0 Å². The summed E-state index contributed by atoms with van der Waals surface area (Å²) in [7, 11) is 0. The van der Waals surface area contributed by atoms with Gasteiger partial charge in [0.1, 0.15) is 11.3 Å². The van der Waals surface area contributed by atoms with Crippen LogP contribution in [0.1, 0.15) is 25.5 Å². The van der Waals surface area contributed by atoms with Gasteiger partial charge in [0.25, 0.3) is 0 Å². The molecule has 84 valence electrons. The van der Waals surface area contributed by atoms with E-state index in [1.807, 2.05) is 6.07 Å². The number of aromatic nitrogens is 1. The molecule has 2 aromatic rings. The number of nitrogens with zero attached hydrogens (tertiary/aromatic N) is 1. The van der Waals surface area contributed by atoms with Gasteiger partial charge in [-0.25, -0.2) is 0 Å². The largest absolute Gasteiger partial charge is 0.456 e. The zero-order valence-electron chi connectivity index (χ0n) is 9.09. The monoisotopic (exact) mass is 236 g/mol. The van der Waals surface area contributed by atoms with Gasteiger partial charge in [0.05, 0.1) is 10.6 Å². The van der Waals surface area contributed by atoms with Gasteiger partial charge in [-0.15, -0.1) is 0 Å². The van der Waals surface area contributed by atoms with Crippen molar-refractivity contribution >= 4 is 22.7 Å². The van der Waals surface area contributed by atoms with Crippen molar-refractivity contribution in [3.8, 4) is 0 Å². The molecular weight excluding hydrogens is 224 g/mol. The number of fused-ring (bicyclic) bond motifs is 1. The van der Waals surface area contributed by atoms with Crippen molar-refractivity contribution in [2.45, 2.75) is 25.3 Å². The molecule has 1 aliphatic rings. The van der Waals surface area contributed by atoms with E-state index in [-0.39, 0.29) is 5.54 Å². The zero-order valence-corrected chi connectivity index (χ0v) is 9.84. The minimum Gasteiger partial charge on any atom is -0.456 e. The average Bonchev–Trinajstić information content (AvgIpc) is 2.85. The zero-order chi connectivity index (χ0) is 11.2. The van der Waals surface area contributed by atoms with E-state index >= 15 is 0 Å². The van der Waals surface area contributed by atoms with Gasteiger partial charge >= 0.3 is 0 Å². The van der Waals surface area contributed by atoms with Crippen molar-refractivity contribution in [3.05, 3.63) is 29.1 Å². The van der Waals surface area contributed by atoms with Crippen LogP contribution in [-0.4, -0.2) is 11.5 Å². The van der Waals surface area contributed by atoms with Crippen LogP contribution in [-0.2, 0) is 5.54 Å². The van der Waals surface area contributed by atoms with E-state index in [0.29, 0.717) is 10.6 Å². The van der Waals surface area contributed by atoms with Gasteiger partial charge < -0.3 is 9.73 Å². The molecule has 1 fully saturated rings. The van der Waals surface area contributed by atoms with Crippen LogP contribution < -0.4 is 5.32 Å². The lowest BCUT2D eigenvalue weighted by atomic mass is 9.97. The second kappa shape index (κ2) is 3.47. The highest BCUT2D eigenvalue weighted by Gasteiger charge is 2.33. The van der Waals surface area contributed by atoms with E-state index in [9.17, 15) is 0 Å². The van der Waals surface area contributed by atoms with Gasteiger partial charge in [0.2, 0.25) is 0 Å². The molecule has 2 aromatic heterocycles. The number of rotatable bonds is 1. The summed E-state index contributed by atoms with van der Waals surface area (Å²) in [6, 6.07) is 3.74. The summed E-state index contributed by atoms with van der Waals surface area (Å²) in [5, 5.41) is 4.09. The highest BCUT2D eigenvalue weighted by molar-refractivity contribution is 6.34. The molecule has 4 heteroatoms. The Bertz CT molecular complexity index is 529. The van der Waals surface area contributed by atoms with E-state index in [1.54, 1.807) is 12.3 Å². The Hall–Kier alpha value is -1.06. The molecule has 0 amide bonds. The van der Waals surface area contributed by atoms with Crippen LogP contribution in [0.3, 0.4) is 0 Å². The van der Waals surface area contributed by atoms with Crippen LogP contribution in [0.2, 0.25) is 5.02 Å². The van der Waals surface area contributed by atoms with E-state index in [1.165, 1.54) is 6.42 Å². The highest BCUT2D eigenvalue weighted by atomic mass is 35.5. The summed E-state index contributed by atoms with van der Waals surface area (Å²) in [5.74, 6) is 0.931. The van der Waals surface area contributed by atoms with Crippen molar-refractivity contribution in [1.82, 2.24) is 10.3 Å². The molecule has 3 rings (SSSR count). The fourth-order valence-corrected chi connectivity index (χ4v) is 2.48. The number of pyridine rings is 1. The average molecular weight is 237 g/mol. The normalized spacial score (nSPS) is 25.4. The first-order chi connectivity index (χ1) is 7.69. The van der Waals surface area contributed by atoms with E-state index in [0.717, 1.165) is 24.2 Å². The van der Waals surface area contributed by atoms with Crippen molar-refractivity contribution in [3.63, 3.8) is 0 Å². The number of halogens is 1. The minimum atomic E-state index is -0.0654. The molecule has 0 aliphatic carbocycles. The standard InChI is InChI=1S/C12H13ClN2O/c1-12(4-2-5-15-12)10-7-9-11(16-10)8(13)3-6-14-9/h3,6-7,15H,2,4-5H2,1H3/t12-/m0/s1. The van der Waals surface area contributed by atoms with Crippen molar-refractivity contribution in [2.75, 3.05) is 6.54 Å². The summed E-state index contributed by atoms with van der Waals surface area (Å²) in [6.45, 7) is 3.19. The topological polar surface area (TPSA) is 38.1 Å². The summed E-state index contributed by atoms with van der Waals surface area (Å²) in [5.41, 5.74) is 1.45. The van der Waals surface area contributed by atoms with Crippen LogP contribution in [0.4, 0.5) is 0 Å². The van der Waals surface area contributed by atoms with Crippen molar-refractivity contribution in [1.29, 1.82) is 0 Å². The third kappa shape index (κ3) is 1.43. The molecule has 0 saturated carbocycles. The molecule has 0 radical (unpaired) electrons. The Balaban J connectivity index is 2.15. The Labute approximate surface area is 98.8 Å². The number of furan rings is 1. The number of nitrogens with one attached hydrogen (secondary N) is 1. The number of hydrogen-bond acceptors (Lipinski definition) is 3. The van der Waals surface area contributed by atoms with Gasteiger partial charge in [0.15, 0.2) is 5.58 Å². The lowest BCUT2D eigenvalue weighted by molar-refractivity contribution is 0.346. The van der Waals surface area contributed by atoms with Crippen LogP contribution in [0, 0.1) is 0 Å². The van der Waals surface area contributed by atoms with Crippen molar-refractivity contribution in [2.24, 2.45) is 0 Å². The molecule has 0 unspecified atom stereocenters. The van der Waals surface area contributed by atoms with Crippen LogP contribution in [0.15, 0.2) is 22.7 Å². The van der Waals surface area contributed by atoms with Crippen LogP contribution in [0.5, 0.6) is 0 Å². The maximum Gasteiger partial charge on any atom is 0.171 e. The fourth-order valence-electron chi connectivity index (χ4n) is 2.28.